The van der Waals surface area contributed by atoms with Gasteiger partial charge in [-0.2, -0.15) is 5.26 Å². The molecule has 1 rings (SSSR count). The molecule has 0 amide bonds. The Balaban J connectivity index is 3.70. The highest BCUT2D eigenvalue weighted by Gasteiger charge is 2.23. The van der Waals surface area contributed by atoms with Crippen LogP contribution in [0, 0.1) is 31.6 Å². The Bertz CT molecular complexity index is 574. The van der Waals surface area contributed by atoms with Crippen LogP contribution < -0.4 is 0 Å². The normalized spacial score (nSPS) is 8.88. The van der Waals surface area contributed by atoms with Gasteiger partial charge in [0.1, 0.15) is 11.6 Å². The monoisotopic (exact) mass is 234 g/mol. The molecular weight excluding hydrogens is 232 g/mol. The fourth-order valence-corrected chi connectivity index (χ4v) is 1.09. The van der Waals surface area contributed by atoms with Crippen molar-refractivity contribution in [3.63, 3.8) is 0 Å². The summed E-state index contributed by atoms with van der Waals surface area (Å²) in [4.78, 5) is 21.6. The first-order chi connectivity index (χ1) is 8.01. The van der Waals surface area contributed by atoms with Gasteiger partial charge in [0.15, 0.2) is 0 Å². The van der Waals surface area contributed by atoms with Gasteiger partial charge in [0.05, 0.1) is 21.6 Å². The molecule has 0 aromatic heterocycles. The van der Waals surface area contributed by atoms with E-state index in [1.807, 2.05) is 0 Å². The molecule has 0 N–H and O–H groups in total. The van der Waals surface area contributed by atoms with Gasteiger partial charge < -0.3 is 0 Å². The van der Waals surface area contributed by atoms with E-state index in [1.165, 1.54) is 6.07 Å². The number of non-ortho nitro benzene ring substituents is 1. The molecule has 0 aliphatic carbocycles. The van der Waals surface area contributed by atoms with Gasteiger partial charge >= 0.3 is 0 Å². The molecule has 0 atom stereocenters. The molecule has 0 aliphatic rings. The van der Waals surface area contributed by atoms with Crippen molar-refractivity contribution in [1.29, 1.82) is 5.26 Å². The van der Waals surface area contributed by atoms with Crippen molar-refractivity contribution in [2.75, 3.05) is 0 Å². The first-order valence-corrected chi connectivity index (χ1v) is 3.93. The minimum Gasteiger partial charge on any atom is -0.258 e. The molecule has 0 heterocycles. The fraction of sp³-hybridized carbons (Fsp3) is 0. The maximum atomic E-state index is 10.6. The van der Waals surface area contributed by atoms with Gasteiger partial charge in [-0.3, -0.25) is 20.2 Å². The second-order valence-electron chi connectivity index (χ2n) is 2.67. The smallest absolute Gasteiger partial charge is 0.258 e. The third-order valence-corrected chi connectivity index (χ3v) is 1.75. The Morgan fingerprint density at radius 2 is 2.00 bits per heavy atom. The van der Waals surface area contributed by atoms with Crippen LogP contribution in [0.5, 0.6) is 0 Å². The maximum absolute atomic E-state index is 10.6. The van der Waals surface area contributed by atoms with Crippen LogP contribution in [0.2, 0.25) is 0 Å². The highest BCUT2D eigenvalue weighted by Crippen LogP contribution is 2.33. The second kappa shape index (κ2) is 4.56. The number of nitrogens with zero attached hydrogens (tertiary/aromatic N) is 6. The lowest BCUT2D eigenvalue weighted by Gasteiger charge is -1.98. The van der Waals surface area contributed by atoms with Gasteiger partial charge in [-0.25, -0.2) is 0 Å². The quantitative estimate of drug-likeness (QED) is 0.257. The highest BCUT2D eigenvalue weighted by molar-refractivity contribution is 5.68. The van der Waals surface area contributed by atoms with Crippen molar-refractivity contribution in [3.05, 3.63) is 48.4 Å². The molecule has 1 aromatic rings. The van der Waals surface area contributed by atoms with E-state index in [0.717, 1.165) is 6.07 Å². The number of rotatable bonds is 3. The van der Waals surface area contributed by atoms with E-state index < -0.39 is 32.5 Å². The Kier molecular flexibility index (Phi) is 3.19. The summed E-state index contributed by atoms with van der Waals surface area (Å²) in [6.45, 7) is 0. The Hall–Kier alpha value is -3.18. The topological polar surface area (TPSA) is 159 Å². The number of hydrogen-bond donors (Lipinski definition) is 0. The van der Waals surface area contributed by atoms with Gasteiger partial charge in [-0.1, -0.05) is 5.11 Å². The van der Waals surface area contributed by atoms with Gasteiger partial charge in [0.25, 0.3) is 11.4 Å². The lowest BCUT2D eigenvalue weighted by Crippen LogP contribution is -1.96. The van der Waals surface area contributed by atoms with Crippen LogP contribution in [0.4, 0.5) is 17.1 Å². The second-order valence-corrected chi connectivity index (χ2v) is 2.67. The van der Waals surface area contributed by atoms with Gasteiger partial charge in [-0.15, -0.1) is 0 Å². The molecule has 0 spiro atoms. The average Bonchev–Trinajstić information content (AvgIpc) is 2.28. The number of azide groups is 1. The zero-order valence-electron chi connectivity index (χ0n) is 7.97. The van der Waals surface area contributed by atoms with Crippen LogP contribution in [-0.4, -0.2) is 9.85 Å². The predicted molar refractivity (Wildman–Crippen MR) is 53.3 cm³/mol. The summed E-state index contributed by atoms with van der Waals surface area (Å²) in [7, 11) is 0. The van der Waals surface area contributed by atoms with E-state index in [-0.39, 0.29) is 0 Å². The van der Waals surface area contributed by atoms with Crippen molar-refractivity contribution in [3.8, 4) is 6.07 Å². The number of nitro groups is 2. The van der Waals surface area contributed by atoms with Crippen molar-refractivity contribution >= 4 is 17.1 Å². The van der Waals surface area contributed by atoms with Crippen molar-refractivity contribution in [2.24, 2.45) is 5.11 Å². The largest absolute Gasteiger partial charge is 0.294 e. The predicted octanol–water partition coefficient (Wildman–Crippen LogP) is 2.32. The van der Waals surface area contributed by atoms with Gasteiger partial charge in [-0.05, 0) is 5.53 Å². The summed E-state index contributed by atoms with van der Waals surface area (Å²) in [6.07, 6.45) is 0. The molecule has 0 saturated heterocycles. The minimum atomic E-state index is -0.956. The number of nitro benzene ring substituents is 2. The van der Waals surface area contributed by atoms with Crippen molar-refractivity contribution in [2.45, 2.75) is 0 Å². The molecule has 0 bridgehead atoms. The lowest BCUT2D eigenvalue weighted by atomic mass is 10.1. The van der Waals surface area contributed by atoms with E-state index in [4.69, 9.17) is 10.8 Å². The summed E-state index contributed by atoms with van der Waals surface area (Å²) in [5.41, 5.74) is 5.84. The van der Waals surface area contributed by atoms with Crippen LogP contribution in [0.15, 0.2) is 17.2 Å². The standard InChI is InChI=1S/C7H2N6O4/c8-3-5-6(10-11-9)1-4(12(14)15)2-7(5)13(16)17/h1-2H. The molecule has 0 radical (unpaired) electrons. The van der Waals surface area contributed by atoms with Crippen LogP contribution in [0.25, 0.3) is 10.4 Å². The molecule has 1 aromatic carbocycles. The number of nitriles is 1. The summed E-state index contributed by atoms with van der Waals surface area (Å²) in [5, 5.41) is 32.8. The van der Waals surface area contributed by atoms with E-state index in [2.05, 4.69) is 10.0 Å². The first-order valence-electron chi connectivity index (χ1n) is 3.93. The molecule has 0 unspecified atom stereocenters. The maximum Gasteiger partial charge on any atom is 0.294 e. The summed E-state index contributed by atoms with van der Waals surface area (Å²) < 4.78 is 0. The summed E-state index contributed by atoms with van der Waals surface area (Å²) in [6, 6.07) is 2.90. The molecule has 0 fully saturated rings. The van der Waals surface area contributed by atoms with E-state index in [0.29, 0.717) is 6.07 Å². The zero-order valence-corrected chi connectivity index (χ0v) is 7.97. The van der Waals surface area contributed by atoms with Gasteiger partial charge in [0, 0.05) is 11.0 Å². The SMILES string of the molecule is N#Cc1c(N=[N+]=[N-])cc([N+](=O)[O-])cc1[N+](=O)[O-]. The number of hydrogen-bond acceptors (Lipinski definition) is 6. The van der Waals surface area contributed by atoms with E-state index in [9.17, 15) is 20.2 Å². The van der Waals surface area contributed by atoms with Crippen LogP contribution in [0.3, 0.4) is 0 Å². The molecule has 0 saturated carbocycles. The fourth-order valence-electron chi connectivity index (χ4n) is 1.09. The highest BCUT2D eigenvalue weighted by atomic mass is 16.6. The van der Waals surface area contributed by atoms with Crippen molar-refractivity contribution in [1.82, 2.24) is 0 Å². The lowest BCUT2D eigenvalue weighted by molar-refractivity contribution is -0.394. The third-order valence-electron chi connectivity index (χ3n) is 1.75. The third kappa shape index (κ3) is 2.25. The Labute approximate surface area is 92.6 Å². The van der Waals surface area contributed by atoms with Gasteiger partial charge in [0.2, 0.25) is 0 Å². The molecular formula is C7H2N6O4. The average molecular weight is 234 g/mol. The Morgan fingerprint density at radius 1 is 1.35 bits per heavy atom. The molecule has 0 aliphatic heterocycles. The Morgan fingerprint density at radius 3 is 2.41 bits per heavy atom. The zero-order chi connectivity index (χ0) is 13.0. The van der Waals surface area contributed by atoms with Crippen LogP contribution in [0.1, 0.15) is 5.56 Å². The number of benzene rings is 1. The molecule has 10 heteroatoms. The van der Waals surface area contributed by atoms with E-state index >= 15 is 0 Å². The molecule has 10 nitrogen and oxygen atoms in total. The molecule has 84 valence electrons. The summed E-state index contributed by atoms with van der Waals surface area (Å²) in [5.74, 6) is 0. The first kappa shape index (κ1) is 11.9. The van der Waals surface area contributed by atoms with E-state index in [1.54, 1.807) is 0 Å². The van der Waals surface area contributed by atoms with Crippen LogP contribution in [-0.2, 0) is 0 Å². The minimum absolute atomic E-state index is 0.448. The van der Waals surface area contributed by atoms with Crippen LogP contribution >= 0.6 is 0 Å². The van der Waals surface area contributed by atoms with Crippen molar-refractivity contribution < 1.29 is 9.85 Å². The molecule has 17 heavy (non-hydrogen) atoms. The summed E-state index contributed by atoms with van der Waals surface area (Å²) >= 11 is 0.